The van der Waals surface area contributed by atoms with E-state index in [2.05, 4.69) is 0 Å². The SMILES string of the molecule is O=[N+]([O-])c1ccccc1C1CCCC(O)C1c1ccccc1[N+](=O)[O-]. The van der Waals surface area contributed by atoms with Crippen LogP contribution in [0.25, 0.3) is 0 Å². The molecule has 1 aliphatic carbocycles. The molecular formula is C18H18N2O5. The molecule has 130 valence electrons. The Hall–Kier alpha value is -2.80. The highest BCUT2D eigenvalue weighted by molar-refractivity contribution is 5.49. The Morgan fingerprint density at radius 1 is 0.840 bits per heavy atom. The highest BCUT2D eigenvalue weighted by Gasteiger charge is 2.40. The topological polar surface area (TPSA) is 107 Å². The normalized spacial score (nSPS) is 23.2. The van der Waals surface area contributed by atoms with Gasteiger partial charge in [0.05, 0.1) is 16.0 Å². The van der Waals surface area contributed by atoms with Crippen molar-refractivity contribution in [1.82, 2.24) is 0 Å². The Balaban J connectivity index is 2.13. The van der Waals surface area contributed by atoms with E-state index < -0.39 is 21.9 Å². The Bertz CT molecular complexity index is 808. The molecule has 0 heterocycles. The summed E-state index contributed by atoms with van der Waals surface area (Å²) in [6.07, 6.45) is 1.10. The summed E-state index contributed by atoms with van der Waals surface area (Å²) in [5.74, 6) is -0.886. The molecule has 2 aromatic carbocycles. The third-order valence-electron chi connectivity index (χ3n) is 4.89. The van der Waals surface area contributed by atoms with Crippen molar-refractivity contribution >= 4 is 11.4 Å². The van der Waals surface area contributed by atoms with E-state index in [4.69, 9.17) is 0 Å². The number of benzene rings is 2. The van der Waals surface area contributed by atoms with E-state index in [0.717, 1.165) is 6.42 Å². The molecule has 1 fully saturated rings. The number of hydrogen-bond donors (Lipinski definition) is 1. The Labute approximate surface area is 144 Å². The summed E-state index contributed by atoms with van der Waals surface area (Å²) >= 11 is 0. The fourth-order valence-corrected chi connectivity index (χ4v) is 3.85. The van der Waals surface area contributed by atoms with Crippen LogP contribution in [0.3, 0.4) is 0 Å². The van der Waals surface area contributed by atoms with Gasteiger partial charge in [0, 0.05) is 35.1 Å². The molecule has 0 spiro atoms. The zero-order valence-corrected chi connectivity index (χ0v) is 13.4. The van der Waals surface area contributed by atoms with Gasteiger partial charge in [-0.25, -0.2) is 0 Å². The third-order valence-corrected chi connectivity index (χ3v) is 4.89. The lowest BCUT2D eigenvalue weighted by molar-refractivity contribution is -0.386. The molecule has 3 unspecified atom stereocenters. The predicted octanol–water partition coefficient (Wildman–Crippen LogP) is 3.92. The number of aliphatic hydroxyl groups is 1. The maximum absolute atomic E-state index is 11.4. The number of hydrogen-bond acceptors (Lipinski definition) is 5. The molecule has 0 amide bonds. The van der Waals surface area contributed by atoms with E-state index in [1.165, 1.54) is 12.1 Å². The molecule has 0 bridgehead atoms. The molecule has 1 N–H and O–H groups in total. The van der Waals surface area contributed by atoms with Crippen LogP contribution in [0.4, 0.5) is 11.4 Å². The molecule has 0 saturated heterocycles. The lowest BCUT2D eigenvalue weighted by Crippen LogP contribution is -2.30. The van der Waals surface area contributed by atoms with Gasteiger partial charge in [-0.05, 0) is 12.8 Å². The van der Waals surface area contributed by atoms with Gasteiger partial charge in [-0.15, -0.1) is 0 Å². The molecule has 1 aliphatic rings. The van der Waals surface area contributed by atoms with Crippen LogP contribution >= 0.6 is 0 Å². The van der Waals surface area contributed by atoms with Gasteiger partial charge < -0.3 is 5.11 Å². The zero-order chi connectivity index (χ0) is 18.0. The van der Waals surface area contributed by atoms with Gasteiger partial charge in [0.2, 0.25) is 0 Å². The van der Waals surface area contributed by atoms with Crippen molar-refractivity contribution in [3.63, 3.8) is 0 Å². The van der Waals surface area contributed by atoms with Crippen LogP contribution in [0.15, 0.2) is 48.5 Å². The fourth-order valence-electron chi connectivity index (χ4n) is 3.85. The quantitative estimate of drug-likeness (QED) is 0.669. The lowest BCUT2D eigenvalue weighted by Gasteiger charge is -2.35. The molecule has 3 atom stereocenters. The first-order chi connectivity index (χ1) is 12.0. The van der Waals surface area contributed by atoms with Crippen molar-refractivity contribution in [2.75, 3.05) is 0 Å². The Morgan fingerprint density at radius 3 is 1.96 bits per heavy atom. The summed E-state index contributed by atoms with van der Waals surface area (Å²) in [6.45, 7) is 0. The minimum Gasteiger partial charge on any atom is -0.392 e. The summed E-state index contributed by atoms with van der Waals surface area (Å²) in [7, 11) is 0. The predicted molar refractivity (Wildman–Crippen MR) is 91.5 cm³/mol. The van der Waals surface area contributed by atoms with Gasteiger partial charge in [-0.3, -0.25) is 20.2 Å². The molecular weight excluding hydrogens is 324 g/mol. The van der Waals surface area contributed by atoms with E-state index in [9.17, 15) is 25.3 Å². The minimum absolute atomic E-state index is 0.00909. The Kier molecular flexibility index (Phi) is 4.76. The van der Waals surface area contributed by atoms with Crippen LogP contribution in [0.2, 0.25) is 0 Å². The van der Waals surface area contributed by atoms with E-state index in [1.807, 2.05) is 0 Å². The average Bonchev–Trinajstić information content (AvgIpc) is 2.61. The maximum atomic E-state index is 11.4. The molecule has 25 heavy (non-hydrogen) atoms. The van der Waals surface area contributed by atoms with Gasteiger partial charge in [0.1, 0.15) is 0 Å². The number of para-hydroxylation sites is 2. The minimum atomic E-state index is -0.778. The highest BCUT2D eigenvalue weighted by atomic mass is 16.6. The molecule has 1 saturated carbocycles. The van der Waals surface area contributed by atoms with E-state index in [1.54, 1.807) is 36.4 Å². The smallest absolute Gasteiger partial charge is 0.272 e. The van der Waals surface area contributed by atoms with Crippen molar-refractivity contribution in [3.05, 3.63) is 79.9 Å². The van der Waals surface area contributed by atoms with Crippen molar-refractivity contribution in [3.8, 4) is 0 Å². The summed E-state index contributed by atoms with van der Waals surface area (Å²) in [5.41, 5.74) is 0.888. The summed E-state index contributed by atoms with van der Waals surface area (Å²) < 4.78 is 0. The van der Waals surface area contributed by atoms with Crippen molar-refractivity contribution in [1.29, 1.82) is 0 Å². The number of nitro groups is 2. The lowest BCUT2D eigenvalue weighted by atomic mass is 9.70. The van der Waals surface area contributed by atoms with E-state index in [-0.39, 0.29) is 17.3 Å². The third kappa shape index (κ3) is 3.23. The Morgan fingerprint density at radius 2 is 1.36 bits per heavy atom. The number of rotatable bonds is 4. The largest absolute Gasteiger partial charge is 0.392 e. The summed E-state index contributed by atoms with van der Waals surface area (Å²) in [4.78, 5) is 21.9. The maximum Gasteiger partial charge on any atom is 0.272 e. The van der Waals surface area contributed by atoms with Crippen molar-refractivity contribution < 1.29 is 15.0 Å². The van der Waals surface area contributed by atoms with Gasteiger partial charge >= 0.3 is 0 Å². The molecule has 3 rings (SSSR count). The second-order valence-electron chi connectivity index (χ2n) is 6.26. The molecule has 7 heteroatoms. The standard InChI is InChI=1S/C18H18N2O5/c21-17-11-5-8-13(12-6-1-3-9-15(12)19(22)23)18(17)14-7-2-4-10-16(14)20(24)25/h1-4,6-7,9-10,13,17-18,21H,5,8,11H2. The van der Waals surface area contributed by atoms with Crippen LogP contribution < -0.4 is 0 Å². The van der Waals surface area contributed by atoms with Crippen LogP contribution in [0.1, 0.15) is 42.2 Å². The molecule has 0 radical (unpaired) electrons. The second kappa shape index (κ2) is 6.98. The summed E-state index contributed by atoms with van der Waals surface area (Å²) in [6, 6.07) is 12.8. The number of aliphatic hydroxyl groups excluding tert-OH is 1. The van der Waals surface area contributed by atoms with Gasteiger partial charge in [0.15, 0.2) is 0 Å². The molecule has 0 aromatic heterocycles. The van der Waals surface area contributed by atoms with Crippen LogP contribution in [0.5, 0.6) is 0 Å². The van der Waals surface area contributed by atoms with Crippen molar-refractivity contribution in [2.24, 2.45) is 0 Å². The van der Waals surface area contributed by atoms with Gasteiger partial charge in [0.25, 0.3) is 11.4 Å². The highest BCUT2D eigenvalue weighted by Crippen LogP contribution is 2.48. The first-order valence-electron chi connectivity index (χ1n) is 8.15. The fraction of sp³-hybridized carbons (Fsp3) is 0.333. The van der Waals surface area contributed by atoms with Crippen LogP contribution in [-0.2, 0) is 0 Å². The van der Waals surface area contributed by atoms with Gasteiger partial charge in [-0.1, -0.05) is 42.8 Å². The number of nitro benzene ring substituents is 2. The van der Waals surface area contributed by atoms with Crippen LogP contribution in [0, 0.1) is 20.2 Å². The first-order valence-corrected chi connectivity index (χ1v) is 8.15. The zero-order valence-electron chi connectivity index (χ0n) is 13.4. The summed E-state index contributed by atoms with van der Waals surface area (Å²) in [5, 5.41) is 33.4. The van der Waals surface area contributed by atoms with Crippen molar-refractivity contribution in [2.45, 2.75) is 37.2 Å². The van der Waals surface area contributed by atoms with E-state index in [0.29, 0.717) is 24.0 Å². The monoisotopic (exact) mass is 342 g/mol. The number of nitrogens with zero attached hydrogens (tertiary/aromatic N) is 2. The molecule has 0 aliphatic heterocycles. The average molecular weight is 342 g/mol. The molecule has 2 aromatic rings. The van der Waals surface area contributed by atoms with Crippen LogP contribution in [-0.4, -0.2) is 21.1 Å². The first kappa shape index (κ1) is 17.0. The van der Waals surface area contributed by atoms with Gasteiger partial charge in [-0.2, -0.15) is 0 Å². The van der Waals surface area contributed by atoms with E-state index >= 15 is 0 Å². The molecule has 7 nitrogen and oxygen atoms in total. The second-order valence-corrected chi connectivity index (χ2v) is 6.26.